The summed E-state index contributed by atoms with van der Waals surface area (Å²) in [5.41, 5.74) is 1.82. The van der Waals surface area contributed by atoms with E-state index < -0.39 is 0 Å². The Bertz CT molecular complexity index is 361. The molecular formula is C15H22ClN. The summed E-state index contributed by atoms with van der Waals surface area (Å²) in [6.45, 7) is 9.44. The van der Waals surface area contributed by atoms with E-state index in [4.69, 9.17) is 11.6 Å². The first-order chi connectivity index (χ1) is 8.01. The van der Waals surface area contributed by atoms with Gasteiger partial charge in [-0.25, -0.2) is 0 Å². The van der Waals surface area contributed by atoms with E-state index in [0.29, 0.717) is 5.41 Å². The van der Waals surface area contributed by atoms with Crippen molar-refractivity contribution in [2.75, 3.05) is 18.0 Å². The minimum Gasteiger partial charge on any atom is -0.371 e. The number of halogens is 1. The summed E-state index contributed by atoms with van der Waals surface area (Å²) in [6.07, 6.45) is 2.57. The summed E-state index contributed by atoms with van der Waals surface area (Å²) >= 11 is 5.92. The van der Waals surface area contributed by atoms with E-state index in [-0.39, 0.29) is 0 Å². The van der Waals surface area contributed by atoms with Crippen LogP contribution in [0, 0.1) is 11.3 Å². The highest BCUT2D eigenvalue weighted by Crippen LogP contribution is 2.39. The fourth-order valence-electron chi connectivity index (χ4n) is 2.50. The van der Waals surface area contributed by atoms with Gasteiger partial charge in [-0.15, -0.1) is 0 Å². The first kappa shape index (κ1) is 12.8. The third-order valence-electron chi connectivity index (χ3n) is 4.49. The second-order valence-corrected chi connectivity index (χ2v) is 6.21. The van der Waals surface area contributed by atoms with E-state index in [9.17, 15) is 0 Å². The lowest BCUT2D eigenvalue weighted by Gasteiger charge is -2.43. The van der Waals surface area contributed by atoms with Crippen LogP contribution in [0.15, 0.2) is 24.3 Å². The maximum Gasteiger partial charge on any atom is 0.0407 e. The molecule has 0 radical (unpaired) electrons. The van der Waals surface area contributed by atoms with Crippen molar-refractivity contribution in [1.29, 1.82) is 0 Å². The summed E-state index contributed by atoms with van der Waals surface area (Å²) < 4.78 is 0. The molecule has 0 amide bonds. The van der Waals surface area contributed by atoms with Crippen molar-refractivity contribution in [2.45, 2.75) is 33.6 Å². The minimum absolute atomic E-state index is 0.517. The lowest BCUT2D eigenvalue weighted by molar-refractivity contribution is 0.166. The zero-order valence-electron chi connectivity index (χ0n) is 11.0. The predicted molar refractivity (Wildman–Crippen MR) is 75.8 cm³/mol. The van der Waals surface area contributed by atoms with Crippen LogP contribution in [0.25, 0.3) is 0 Å². The predicted octanol–water partition coefficient (Wildman–Crippen LogP) is 4.60. The molecule has 1 saturated heterocycles. The minimum atomic E-state index is 0.517. The molecule has 1 aliphatic heterocycles. The lowest BCUT2D eigenvalue weighted by Crippen LogP contribution is -2.41. The number of hydrogen-bond acceptors (Lipinski definition) is 1. The Morgan fingerprint density at radius 3 is 2.12 bits per heavy atom. The van der Waals surface area contributed by atoms with Gasteiger partial charge in [-0.3, -0.25) is 0 Å². The molecule has 1 aromatic carbocycles. The van der Waals surface area contributed by atoms with Gasteiger partial charge in [0.25, 0.3) is 0 Å². The van der Waals surface area contributed by atoms with Gasteiger partial charge in [-0.2, -0.15) is 0 Å². The zero-order valence-corrected chi connectivity index (χ0v) is 11.8. The summed E-state index contributed by atoms with van der Waals surface area (Å²) in [6, 6.07) is 8.21. The molecule has 1 heterocycles. The van der Waals surface area contributed by atoms with Crippen molar-refractivity contribution in [3.8, 4) is 0 Å². The Morgan fingerprint density at radius 2 is 1.65 bits per heavy atom. The first-order valence-electron chi connectivity index (χ1n) is 6.52. The molecule has 0 bridgehead atoms. The summed E-state index contributed by atoms with van der Waals surface area (Å²) in [7, 11) is 0. The van der Waals surface area contributed by atoms with Crippen molar-refractivity contribution < 1.29 is 0 Å². The van der Waals surface area contributed by atoms with E-state index in [1.165, 1.54) is 18.5 Å². The number of anilines is 1. The molecule has 0 N–H and O–H groups in total. The highest BCUT2D eigenvalue weighted by atomic mass is 35.5. The molecule has 1 aliphatic rings. The molecule has 0 atom stereocenters. The van der Waals surface area contributed by atoms with Gasteiger partial charge in [0.15, 0.2) is 0 Å². The highest BCUT2D eigenvalue weighted by Gasteiger charge is 2.32. The summed E-state index contributed by atoms with van der Waals surface area (Å²) in [5, 5.41) is 0.817. The Morgan fingerprint density at radius 1 is 1.12 bits per heavy atom. The molecule has 0 spiro atoms. The van der Waals surface area contributed by atoms with E-state index in [1.807, 2.05) is 12.1 Å². The monoisotopic (exact) mass is 251 g/mol. The Balaban J connectivity index is 2.02. The highest BCUT2D eigenvalue weighted by molar-refractivity contribution is 6.30. The summed E-state index contributed by atoms with van der Waals surface area (Å²) in [5.74, 6) is 0.773. The van der Waals surface area contributed by atoms with Crippen LogP contribution in [-0.4, -0.2) is 13.1 Å². The molecule has 17 heavy (non-hydrogen) atoms. The van der Waals surface area contributed by atoms with Crippen LogP contribution in [0.3, 0.4) is 0 Å². The average molecular weight is 252 g/mol. The molecule has 1 fully saturated rings. The van der Waals surface area contributed by atoms with E-state index in [2.05, 4.69) is 37.8 Å². The number of benzene rings is 1. The van der Waals surface area contributed by atoms with Crippen LogP contribution in [0.1, 0.15) is 33.6 Å². The fraction of sp³-hybridized carbons (Fsp3) is 0.600. The molecule has 2 heteroatoms. The maximum atomic E-state index is 5.92. The molecule has 0 aromatic heterocycles. The largest absolute Gasteiger partial charge is 0.371 e. The molecule has 1 aromatic rings. The van der Waals surface area contributed by atoms with Crippen LogP contribution < -0.4 is 4.90 Å². The van der Waals surface area contributed by atoms with Crippen LogP contribution >= 0.6 is 11.6 Å². The van der Waals surface area contributed by atoms with Gasteiger partial charge in [0, 0.05) is 23.8 Å². The van der Waals surface area contributed by atoms with E-state index >= 15 is 0 Å². The molecule has 0 aliphatic carbocycles. The second kappa shape index (κ2) is 4.89. The van der Waals surface area contributed by atoms with Gasteiger partial charge in [-0.1, -0.05) is 32.4 Å². The first-order valence-corrected chi connectivity index (χ1v) is 6.89. The van der Waals surface area contributed by atoms with Crippen molar-refractivity contribution in [2.24, 2.45) is 11.3 Å². The zero-order chi connectivity index (χ0) is 12.5. The van der Waals surface area contributed by atoms with Gasteiger partial charge in [0.05, 0.1) is 0 Å². The van der Waals surface area contributed by atoms with Crippen molar-refractivity contribution in [3.05, 3.63) is 29.3 Å². The van der Waals surface area contributed by atoms with Crippen LogP contribution in [0.4, 0.5) is 5.69 Å². The Hall–Kier alpha value is -0.690. The van der Waals surface area contributed by atoms with Gasteiger partial charge in [-0.05, 0) is 48.4 Å². The van der Waals surface area contributed by atoms with Crippen LogP contribution in [0.5, 0.6) is 0 Å². The fourth-order valence-corrected chi connectivity index (χ4v) is 2.63. The van der Waals surface area contributed by atoms with Gasteiger partial charge in [0.2, 0.25) is 0 Å². The van der Waals surface area contributed by atoms with Crippen molar-refractivity contribution in [3.63, 3.8) is 0 Å². The Labute approximate surface area is 110 Å². The van der Waals surface area contributed by atoms with E-state index in [0.717, 1.165) is 24.0 Å². The quantitative estimate of drug-likeness (QED) is 0.742. The topological polar surface area (TPSA) is 3.24 Å². The third-order valence-corrected chi connectivity index (χ3v) is 4.74. The third kappa shape index (κ3) is 2.77. The number of hydrogen-bond donors (Lipinski definition) is 0. The molecule has 2 rings (SSSR count). The van der Waals surface area contributed by atoms with Gasteiger partial charge < -0.3 is 4.90 Å². The second-order valence-electron chi connectivity index (χ2n) is 5.77. The van der Waals surface area contributed by atoms with Crippen LogP contribution in [-0.2, 0) is 0 Å². The van der Waals surface area contributed by atoms with Gasteiger partial charge >= 0.3 is 0 Å². The molecule has 0 unspecified atom stereocenters. The number of nitrogens with zero attached hydrogens (tertiary/aromatic N) is 1. The SMILES string of the molecule is CC(C)C1(C)CCN(c2ccc(Cl)cc2)CC1. The van der Waals surface area contributed by atoms with E-state index in [1.54, 1.807) is 0 Å². The normalized spacial score (nSPS) is 19.7. The number of piperidine rings is 1. The molecular weight excluding hydrogens is 230 g/mol. The average Bonchev–Trinajstić information content (AvgIpc) is 2.31. The number of rotatable bonds is 2. The smallest absolute Gasteiger partial charge is 0.0407 e. The summed E-state index contributed by atoms with van der Waals surface area (Å²) in [4.78, 5) is 2.47. The van der Waals surface area contributed by atoms with Crippen molar-refractivity contribution in [1.82, 2.24) is 0 Å². The van der Waals surface area contributed by atoms with Gasteiger partial charge in [0.1, 0.15) is 0 Å². The lowest BCUT2D eigenvalue weighted by atomic mass is 9.72. The molecule has 0 saturated carbocycles. The molecule has 94 valence electrons. The Kier molecular flexibility index (Phi) is 3.67. The standard InChI is InChI=1S/C15H22ClN/c1-12(2)15(3)8-10-17(11-9-15)14-6-4-13(16)5-7-14/h4-7,12H,8-11H2,1-3H3. The van der Waals surface area contributed by atoms with Crippen molar-refractivity contribution >= 4 is 17.3 Å². The maximum absolute atomic E-state index is 5.92. The van der Waals surface area contributed by atoms with Crippen LogP contribution in [0.2, 0.25) is 5.02 Å². The molecule has 1 nitrogen and oxygen atoms in total.